The van der Waals surface area contributed by atoms with Crippen LogP contribution in [0, 0.1) is 0 Å². The normalized spacial score (nSPS) is 10.5. The van der Waals surface area contributed by atoms with Crippen LogP contribution in [0.1, 0.15) is 5.56 Å². The van der Waals surface area contributed by atoms with Gasteiger partial charge in [0, 0.05) is 17.5 Å². The van der Waals surface area contributed by atoms with Gasteiger partial charge in [-0.1, -0.05) is 12.1 Å². The molecule has 0 saturated heterocycles. The first-order chi connectivity index (χ1) is 9.13. The van der Waals surface area contributed by atoms with Gasteiger partial charge in [0.25, 0.3) is 0 Å². The molecule has 0 atom stereocenters. The highest BCUT2D eigenvalue weighted by atomic mass is 16.3. The second-order valence-corrected chi connectivity index (χ2v) is 4.04. The zero-order valence-corrected chi connectivity index (χ0v) is 10.2. The molecule has 0 heterocycles. The Hall–Kier alpha value is -2.75. The average molecular weight is 254 g/mol. The van der Waals surface area contributed by atoms with Crippen LogP contribution in [0.15, 0.2) is 54.6 Å². The van der Waals surface area contributed by atoms with E-state index in [9.17, 15) is 4.79 Å². The van der Waals surface area contributed by atoms with Crippen LogP contribution in [0.4, 0.5) is 11.4 Å². The van der Waals surface area contributed by atoms with E-state index in [1.54, 1.807) is 54.6 Å². The maximum absolute atomic E-state index is 11.7. The molecule has 0 bridgehead atoms. The zero-order valence-electron chi connectivity index (χ0n) is 10.2. The van der Waals surface area contributed by atoms with Gasteiger partial charge in [-0.25, -0.2) is 0 Å². The predicted octanol–water partition coefficient (Wildman–Crippen LogP) is 2.63. The highest BCUT2D eigenvalue weighted by Crippen LogP contribution is 2.12. The molecule has 0 fully saturated rings. The second-order valence-electron chi connectivity index (χ2n) is 4.04. The van der Waals surface area contributed by atoms with E-state index < -0.39 is 0 Å². The Bertz CT molecular complexity index is 587. The molecule has 0 saturated carbocycles. The molecular formula is C15H14N2O2. The largest absolute Gasteiger partial charge is 0.508 e. The van der Waals surface area contributed by atoms with Gasteiger partial charge < -0.3 is 16.2 Å². The van der Waals surface area contributed by atoms with Crippen LogP contribution in [-0.4, -0.2) is 11.0 Å². The average Bonchev–Trinajstić information content (AvgIpc) is 2.41. The third-order valence-electron chi connectivity index (χ3n) is 2.50. The van der Waals surface area contributed by atoms with Crippen molar-refractivity contribution in [3.63, 3.8) is 0 Å². The van der Waals surface area contributed by atoms with E-state index in [0.717, 1.165) is 5.56 Å². The molecule has 4 heteroatoms. The van der Waals surface area contributed by atoms with Gasteiger partial charge in [-0.05, 0) is 48.0 Å². The molecule has 0 radical (unpaired) electrons. The molecule has 0 spiro atoms. The molecule has 0 aromatic heterocycles. The van der Waals surface area contributed by atoms with Crippen molar-refractivity contribution in [3.8, 4) is 5.75 Å². The molecule has 19 heavy (non-hydrogen) atoms. The number of hydrogen-bond donors (Lipinski definition) is 3. The van der Waals surface area contributed by atoms with E-state index in [4.69, 9.17) is 10.8 Å². The third kappa shape index (κ3) is 3.89. The summed E-state index contributed by atoms with van der Waals surface area (Å²) in [6.07, 6.45) is 3.11. The highest BCUT2D eigenvalue weighted by molar-refractivity contribution is 6.01. The lowest BCUT2D eigenvalue weighted by Gasteiger charge is -2.02. The van der Waals surface area contributed by atoms with Crippen molar-refractivity contribution < 1.29 is 9.90 Å². The van der Waals surface area contributed by atoms with Gasteiger partial charge in [-0.2, -0.15) is 0 Å². The van der Waals surface area contributed by atoms with Crippen molar-refractivity contribution in [2.24, 2.45) is 0 Å². The van der Waals surface area contributed by atoms with Gasteiger partial charge in [-0.15, -0.1) is 0 Å². The third-order valence-corrected chi connectivity index (χ3v) is 2.50. The standard InChI is InChI=1S/C15H14N2O2/c16-12-4-6-13(7-5-12)17-15(19)10-3-11-1-8-14(18)9-2-11/h1-10,18H,16H2,(H,17,19)/b10-3-. The molecule has 0 aliphatic carbocycles. The van der Waals surface area contributed by atoms with Gasteiger partial charge in [0.1, 0.15) is 5.75 Å². The maximum Gasteiger partial charge on any atom is 0.248 e. The van der Waals surface area contributed by atoms with Crippen molar-refractivity contribution in [3.05, 3.63) is 60.2 Å². The molecule has 0 unspecified atom stereocenters. The van der Waals surface area contributed by atoms with Crippen LogP contribution in [0.3, 0.4) is 0 Å². The lowest BCUT2D eigenvalue weighted by molar-refractivity contribution is -0.111. The number of phenols is 1. The maximum atomic E-state index is 11.7. The molecular weight excluding hydrogens is 240 g/mol. The van der Waals surface area contributed by atoms with Crippen LogP contribution in [0.25, 0.3) is 6.08 Å². The molecule has 2 aromatic rings. The SMILES string of the molecule is Nc1ccc(NC(=O)/C=C\c2ccc(O)cc2)cc1. The fourth-order valence-electron chi connectivity index (χ4n) is 1.51. The fourth-order valence-corrected chi connectivity index (χ4v) is 1.51. The number of carbonyl (C=O) groups excluding carboxylic acids is 1. The minimum atomic E-state index is -0.224. The van der Waals surface area contributed by atoms with Crippen molar-refractivity contribution >= 4 is 23.4 Å². The van der Waals surface area contributed by atoms with Gasteiger partial charge in [0.2, 0.25) is 5.91 Å². The summed E-state index contributed by atoms with van der Waals surface area (Å²) in [5, 5.41) is 11.9. The number of rotatable bonds is 3. The summed E-state index contributed by atoms with van der Waals surface area (Å²) in [5.41, 5.74) is 7.74. The number of benzene rings is 2. The van der Waals surface area contributed by atoms with E-state index in [-0.39, 0.29) is 11.7 Å². The smallest absolute Gasteiger partial charge is 0.248 e. The first-order valence-electron chi connectivity index (χ1n) is 5.77. The molecule has 0 aliphatic heterocycles. The topological polar surface area (TPSA) is 75.3 Å². The van der Waals surface area contributed by atoms with E-state index in [2.05, 4.69) is 5.32 Å². The number of nitrogens with one attached hydrogen (secondary N) is 1. The first-order valence-corrected chi connectivity index (χ1v) is 5.77. The second kappa shape index (κ2) is 5.73. The number of nitrogen functional groups attached to an aromatic ring is 1. The minimum absolute atomic E-state index is 0.198. The Labute approximate surface area is 111 Å². The van der Waals surface area contributed by atoms with Crippen molar-refractivity contribution in [2.75, 3.05) is 11.1 Å². The molecule has 1 amide bonds. The first kappa shape index (κ1) is 12.7. The summed E-state index contributed by atoms with van der Waals surface area (Å²) in [7, 11) is 0. The Kier molecular flexibility index (Phi) is 3.83. The molecule has 2 rings (SSSR count). The van der Waals surface area contributed by atoms with Gasteiger partial charge >= 0.3 is 0 Å². The van der Waals surface area contributed by atoms with Crippen LogP contribution in [0.5, 0.6) is 5.75 Å². The lowest BCUT2D eigenvalue weighted by Crippen LogP contribution is -2.07. The van der Waals surface area contributed by atoms with Gasteiger partial charge in [-0.3, -0.25) is 4.79 Å². The lowest BCUT2D eigenvalue weighted by atomic mass is 10.2. The Morgan fingerprint density at radius 3 is 2.32 bits per heavy atom. The zero-order chi connectivity index (χ0) is 13.7. The number of phenolic OH excluding ortho intramolecular Hbond substituents is 1. The van der Waals surface area contributed by atoms with Gasteiger partial charge in [0.05, 0.1) is 0 Å². The minimum Gasteiger partial charge on any atom is -0.508 e. The van der Waals surface area contributed by atoms with Crippen molar-refractivity contribution in [1.82, 2.24) is 0 Å². The molecule has 2 aromatic carbocycles. The van der Waals surface area contributed by atoms with E-state index in [1.165, 1.54) is 6.08 Å². The van der Waals surface area contributed by atoms with Crippen molar-refractivity contribution in [2.45, 2.75) is 0 Å². The number of carbonyl (C=O) groups is 1. The summed E-state index contributed by atoms with van der Waals surface area (Å²) in [5.74, 6) is -0.0266. The van der Waals surface area contributed by atoms with E-state index in [1.807, 2.05) is 0 Å². The molecule has 0 aliphatic rings. The summed E-state index contributed by atoms with van der Waals surface area (Å²) < 4.78 is 0. The summed E-state index contributed by atoms with van der Waals surface area (Å²) >= 11 is 0. The van der Waals surface area contributed by atoms with E-state index >= 15 is 0 Å². The Balaban J connectivity index is 1.97. The number of aromatic hydroxyl groups is 1. The van der Waals surface area contributed by atoms with Crippen LogP contribution in [0.2, 0.25) is 0 Å². The quantitative estimate of drug-likeness (QED) is 0.582. The Morgan fingerprint density at radius 1 is 1.05 bits per heavy atom. The monoisotopic (exact) mass is 254 g/mol. The van der Waals surface area contributed by atoms with Crippen LogP contribution >= 0.6 is 0 Å². The number of nitrogens with two attached hydrogens (primary N) is 1. The fraction of sp³-hybridized carbons (Fsp3) is 0. The summed E-state index contributed by atoms with van der Waals surface area (Å²) in [6.45, 7) is 0. The summed E-state index contributed by atoms with van der Waals surface area (Å²) in [4.78, 5) is 11.7. The van der Waals surface area contributed by atoms with Crippen LogP contribution in [-0.2, 0) is 4.79 Å². The van der Waals surface area contributed by atoms with Crippen LogP contribution < -0.4 is 11.1 Å². The number of hydrogen-bond acceptors (Lipinski definition) is 3. The van der Waals surface area contributed by atoms with Gasteiger partial charge in [0.15, 0.2) is 0 Å². The Morgan fingerprint density at radius 2 is 1.68 bits per heavy atom. The molecule has 96 valence electrons. The highest BCUT2D eigenvalue weighted by Gasteiger charge is 1.97. The molecule has 4 nitrogen and oxygen atoms in total. The number of amides is 1. The predicted molar refractivity (Wildman–Crippen MR) is 76.6 cm³/mol. The molecule has 4 N–H and O–H groups in total. The van der Waals surface area contributed by atoms with Crippen molar-refractivity contribution in [1.29, 1.82) is 0 Å². The number of anilines is 2. The summed E-state index contributed by atoms with van der Waals surface area (Å²) in [6, 6.07) is 13.5. The van der Waals surface area contributed by atoms with E-state index in [0.29, 0.717) is 11.4 Å².